The van der Waals surface area contributed by atoms with Gasteiger partial charge in [-0.2, -0.15) is 0 Å². The molecular weight excluding hydrogens is 298 g/mol. The van der Waals surface area contributed by atoms with Crippen LogP contribution in [0.4, 0.5) is 0 Å². The summed E-state index contributed by atoms with van der Waals surface area (Å²) in [5.74, 6) is 0. The molecule has 0 spiro atoms. The molecule has 5 heteroatoms. The van der Waals surface area contributed by atoms with Crippen molar-refractivity contribution in [1.29, 1.82) is 0 Å². The number of nitrogens with one attached hydrogen (secondary N) is 1. The fourth-order valence-corrected chi connectivity index (χ4v) is 3.31. The fraction of sp³-hybridized carbons (Fsp3) is 0.294. The highest BCUT2D eigenvalue weighted by molar-refractivity contribution is 7.89. The van der Waals surface area contributed by atoms with E-state index >= 15 is 0 Å². The van der Waals surface area contributed by atoms with Gasteiger partial charge in [0.1, 0.15) is 0 Å². The van der Waals surface area contributed by atoms with Gasteiger partial charge < -0.3 is 5.11 Å². The quantitative estimate of drug-likeness (QED) is 0.771. The van der Waals surface area contributed by atoms with Crippen molar-refractivity contribution in [1.82, 2.24) is 4.72 Å². The molecule has 0 saturated heterocycles. The second-order valence-corrected chi connectivity index (χ2v) is 6.93. The van der Waals surface area contributed by atoms with Crippen LogP contribution >= 0.6 is 0 Å². The average molecular weight is 319 g/mol. The Morgan fingerprint density at radius 2 is 1.68 bits per heavy atom. The highest BCUT2D eigenvalue weighted by atomic mass is 32.2. The predicted molar refractivity (Wildman–Crippen MR) is 88.1 cm³/mol. The summed E-state index contributed by atoms with van der Waals surface area (Å²) in [5.41, 5.74) is 3.25. The van der Waals surface area contributed by atoms with Crippen LogP contribution in [0.2, 0.25) is 0 Å². The topological polar surface area (TPSA) is 66.4 Å². The van der Waals surface area contributed by atoms with Gasteiger partial charge >= 0.3 is 0 Å². The summed E-state index contributed by atoms with van der Waals surface area (Å²) in [6.45, 7) is 2.44. The van der Waals surface area contributed by atoms with Gasteiger partial charge in [0, 0.05) is 13.2 Å². The first kappa shape index (κ1) is 16.7. The van der Waals surface area contributed by atoms with Crippen LogP contribution in [-0.4, -0.2) is 26.7 Å². The van der Waals surface area contributed by atoms with E-state index in [1.54, 1.807) is 12.1 Å². The van der Waals surface area contributed by atoms with E-state index in [2.05, 4.69) is 4.72 Å². The van der Waals surface area contributed by atoms with Crippen LogP contribution < -0.4 is 4.72 Å². The van der Waals surface area contributed by atoms with Crippen LogP contribution in [0.1, 0.15) is 18.4 Å². The number of hydrogen-bond acceptors (Lipinski definition) is 3. The van der Waals surface area contributed by atoms with Crippen LogP contribution in [-0.2, 0) is 10.0 Å². The lowest BCUT2D eigenvalue weighted by Crippen LogP contribution is -2.24. The van der Waals surface area contributed by atoms with Gasteiger partial charge in [-0.25, -0.2) is 13.1 Å². The number of aliphatic hydroxyl groups excluding tert-OH is 1. The molecule has 2 N–H and O–H groups in total. The Kier molecular flexibility index (Phi) is 5.71. The molecule has 2 aromatic carbocycles. The van der Waals surface area contributed by atoms with Crippen molar-refractivity contribution in [3.63, 3.8) is 0 Å². The number of hydrogen-bond donors (Lipinski definition) is 2. The lowest BCUT2D eigenvalue weighted by atomic mass is 10.0. The largest absolute Gasteiger partial charge is 0.396 e. The van der Waals surface area contributed by atoms with Crippen molar-refractivity contribution in [2.24, 2.45) is 0 Å². The Hall–Kier alpha value is -1.69. The van der Waals surface area contributed by atoms with Crippen LogP contribution in [0, 0.1) is 6.92 Å². The third-order valence-electron chi connectivity index (χ3n) is 3.50. The minimum absolute atomic E-state index is 0.0762. The number of benzene rings is 2. The van der Waals surface area contributed by atoms with Crippen molar-refractivity contribution < 1.29 is 13.5 Å². The number of rotatable bonds is 7. The molecule has 2 rings (SSSR count). The van der Waals surface area contributed by atoms with Gasteiger partial charge in [-0.3, -0.25) is 0 Å². The summed E-state index contributed by atoms with van der Waals surface area (Å²) in [5, 5.41) is 8.70. The summed E-state index contributed by atoms with van der Waals surface area (Å²) < 4.78 is 26.8. The lowest BCUT2D eigenvalue weighted by Gasteiger charge is -2.09. The first-order valence-electron chi connectivity index (χ1n) is 7.31. The fourth-order valence-electron chi connectivity index (χ4n) is 2.24. The first-order chi connectivity index (χ1) is 10.5. The van der Waals surface area contributed by atoms with E-state index in [1.165, 1.54) is 0 Å². The normalized spacial score (nSPS) is 11.5. The van der Waals surface area contributed by atoms with Gasteiger partial charge in [-0.05, 0) is 48.6 Å². The van der Waals surface area contributed by atoms with Crippen molar-refractivity contribution in [3.8, 4) is 11.1 Å². The van der Waals surface area contributed by atoms with Crippen LogP contribution in [0.3, 0.4) is 0 Å². The summed E-state index contributed by atoms with van der Waals surface area (Å²) >= 11 is 0. The molecule has 0 heterocycles. The molecule has 0 saturated carbocycles. The summed E-state index contributed by atoms with van der Waals surface area (Å²) in [7, 11) is -3.48. The Labute approximate surface area is 131 Å². The molecule has 22 heavy (non-hydrogen) atoms. The van der Waals surface area contributed by atoms with Gasteiger partial charge in [0.05, 0.1) is 4.90 Å². The summed E-state index contributed by atoms with van der Waals surface area (Å²) in [6.07, 6.45) is 1.21. The molecule has 2 aromatic rings. The number of aliphatic hydroxyl groups is 1. The summed E-state index contributed by atoms with van der Waals surface area (Å²) in [4.78, 5) is 0.258. The maximum Gasteiger partial charge on any atom is 0.240 e. The molecule has 0 atom stereocenters. The maximum atomic E-state index is 12.1. The molecule has 0 aliphatic heterocycles. The molecule has 0 fully saturated rings. The molecule has 118 valence electrons. The second-order valence-electron chi connectivity index (χ2n) is 5.17. The molecule has 0 aliphatic rings. The first-order valence-corrected chi connectivity index (χ1v) is 8.79. The third kappa shape index (κ3) is 4.16. The zero-order valence-electron chi connectivity index (χ0n) is 12.6. The molecular formula is C17H21NO3S. The van der Waals surface area contributed by atoms with Gasteiger partial charge in [0.2, 0.25) is 10.0 Å². The minimum atomic E-state index is -3.48. The van der Waals surface area contributed by atoms with Gasteiger partial charge in [-0.15, -0.1) is 0 Å². The zero-order chi connectivity index (χ0) is 16.0. The minimum Gasteiger partial charge on any atom is -0.396 e. The molecule has 0 aliphatic carbocycles. The molecule has 0 radical (unpaired) electrons. The van der Waals surface area contributed by atoms with E-state index < -0.39 is 10.0 Å². The lowest BCUT2D eigenvalue weighted by molar-refractivity contribution is 0.285. The van der Waals surface area contributed by atoms with Crippen LogP contribution in [0.25, 0.3) is 11.1 Å². The van der Waals surface area contributed by atoms with E-state index in [-0.39, 0.29) is 11.5 Å². The van der Waals surface area contributed by atoms with E-state index in [0.717, 1.165) is 16.7 Å². The zero-order valence-corrected chi connectivity index (χ0v) is 13.4. The highest BCUT2D eigenvalue weighted by Gasteiger charge is 2.13. The van der Waals surface area contributed by atoms with E-state index in [4.69, 9.17) is 5.11 Å². The Morgan fingerprint density at radius 1 is 1.00 bits per heavy atom. The number of aryl methyl sites for hydroxylation is 1. The van der Waals surface area contributed by atoms with E-state index in [0.29, 0.717) is 19.4 Å². The maximum absolute atomic E-state index is 12.1. The van der Waals surface area contributed by atoms with Crippen molar-refractivity contribution in [2.75, 3.05) is 13.2 Å². The van der Waals surface area contributed by atoms with Crippen LogP contribution in [0.15, 0.2) is 53.4 Å². The van der Waals surface area contributed by atoms with Crippen molar-refractivity contribution in [3.05, 3.63) is 54.1 Å². The van der Waals surface area contributed by atoms with Crippen molar-refractivity contribution in [2.45, 2.75) is 24.7 Å². The smallest absolute Gasteiger partial charge is 0.240 e. The predicted octanol–water partition coefficient (Wildman–Crippen LogP) is 2.71. The SMILES string of the molecule is Cc1ccccc1-c1ccc(S(=O)(=O)NCCCCO)cc1. The van der Waals surface area contributed by atoms with Gasteiger partial charge in [0.25, 0.3) is 0 Å². The molecule has 0 bridgehead atoms. The van der Waals surface area contributed by atoms with Crippen LogP contribution in [0.5, 0.6) is 0 Å². The van der Waals surface area contributed by atoms with E-state index in [9.17, 15) is 8.42 Å². The Balaban J connectivity index is 2.13. The number of unbranched alkanes of at least 4 members (excludes halogenated alkanes) is 1. The highest BCUT2D eigenvalue weighted by Crippen LogP contribution is 2.24. The van der Waals surface area contributed by atoms with Gasteiger partial charge in [-0.1, -0.05) is 36.4 Å². The molecule has 0 amide bonds. The number of sulfonamides is 1. The average Bonchev–Trinajstić information content (AvgIpc) is 2.52. The molecule has 4 nitrogen and oxygen atoms in total. The second kappa shape index (κ2) is 7.54. The third-order valence-corrected chi connectivity index (χ3v) is 4.97. The Bertz CT molecular complexity index is 709. The standard InChI is InChI=1S/C17H21NO3S/c1-14-6-2-3-7-17(14)15-8-10-16(11-9-15)22(20,21)18-12-4-5-13-19/h2-3,6-11,18-19H,4-5,12-13H2,1H3. The van der Waals surface area contributed by atoms with Crippen molar-refractivity contribution >= 4 is 10.0 Å². The monoisotopic (exact) mass is 319 g/mol. The van der Waals surface area contributed by atoms with Gasteiger partial charge in [0.15, 0.2) is 0 Å². The molecule has 0 unspecified atom stereocenters. The summed E-state index contributed by atoms with van der Waals surface area (Å²) in [6, 6.07) is 14.9. The van der Waals surface area contributed by atoms with E-state index in [1.807, 2.05) is 43.3 Å². The molecule has 0 aromatic heterocycles. The Morgan fingerprint density at radius 3 is 2.32 bits per heavy atom.